The monoisotopic (exact) mass is 217 g/mol. The van der Waals surface area contributed by atoms with Gasteiger partial charge in [-0.3, -0.25) is 0 Å². The fourth-order valence-electron chi connectivity index (χ4n) is 2.39. The molecule has 1 aliphatic carbocycles. The maximum absolute atomic E-state index is 3.57. The normalized spacial score (nSPS) is 17.4. The summed E-state index contributed by atoms with van der Waals surface area (Å²) in [6.07, 6.45) is 4.07. The van der Waals surface area contributed by atoms with Crippen molar-refractivity contribution in [3.8, 4) is 0 Å². The van der Waals surface area contributed by atoms with Crippen LogP contribution < -0.4 is 5.32 Å². The molecule has 0 amide bonds. The van der Waals surface area contributed by atoms with Crippen LogP contribution in [0.3, 0.4) is 0 Å². The molecule has 1 atom stereocenters. The van der Waals surface area contributed by atoms with Crippen LogP contribution in [-0.4, -0.2) is 13.1 Å². The van der Waals surface area contributed by atoms with Crippen LogP contribution in [0, 0.1) is 12.8 Å². The SMILES string of the molecule is CCCNCC(c1cccc(C)c1)C1CC1. The van der Waals surface area contributed by atoms with Crippen molar-refractivity contribution in [3.05, 3.63) is 35.4 Å². The van der Waals surface area contributed by atoms with E-state index in [0.717, 1.165) is 24.9 Å². The molecule has 1 heteroatoms. The second-order valence-electron chi connectivity index (χ2n) is 5.06. The minimum absolute atomic E-state index is 0.742. The first-order chi connectivity index (χ1) is 7.81. The zero-order valence-electron chi connectivity index (χ0n) is 10.5. The van der Waals surface area contributed by atoms with Crippen molar-refractivity contribution in [1.29, 1.82) is 0 Å². The lowest BCUT2D eigenvalue weighted by Crippen LogP contribution is -2.23. The third-order valence-electron chi connectivity index (χ3n) is 3.45. The van der Waals surface area contributed by atoms with Crippen LogP contribution in [0.1, 0.15) is 43.2 Å². The van der Waals surface area contributed by atoms with Gasteiger partial charge in [0.05, 0.1) is 0 Å². The molecule has 1 fully saturated rings. The van der Waals surface area contributed by atoms with Gasteiger partial charge in [-0.15, -0.1) is 0 Å². The topological polar surface area (TPSA) is 12.0 Å². The lowest BCUT2D eigenvalue weighted by molar-refractivity contribution is 0.533. The molecule has 0 radical (unpaired) electrons. The maximum Gasteiger partial charge on any atom is 0.00228 e. The van der Waals surface area contributed by atoms with Crippen LogP contribution in [0.5, 0.6) is 0 Å². The molecule has 88 valence electrons. The van der Waals surface area contributed by atoms with Crippen LogP contribution in [0.2, 0.25) is 0 Å². The number of nitrogens with one attached hydrogen (secondary N) is 1. The molecule has 0 aromatic heterocycles. The molecular formula is C15H23N. The standard InChI is InChI=1S/C15H23N/c1-3-9-16-11-15(13-7-8-13)14-6-4-5-12(2)10-14/h4-6,10,13,15-16H,3,7-9,11H2,1-2H3. The molecule has 0 saturated heterocycles. The average molecular weight is 217 g/mol. The van der Waals surface area contributed by atoms with E-state index in [1.54, 1.807) is 0 Å². The summed E-state index contributed by atoms with van der Waals surface area (Å²) < 4.78 is 0. The van der Waals surface area contributed by atoms with Crippen LogP contribution in [0.25, 0.3) is 0 Å². The fourth-order valence-corrected chi connectivity index (χ4v) is 2.39. The van der Waals surface area contributed by atoms with Crippen LogP contribution in [-0.2, 0) is 0 Å². The van der Waals surface area contributed by atoms with Gasteiger partial charge in [0.1, 0.15) is 0 Å². The van der Waals surface area contributed by atoms with Crippen molar-refractivity contribution in [2.75, 3.05) is 13.1 Å². The minimum Gasteiger partial charge on any atom is -0.316 e. The maximum atomic E-state index is 3.57. The van der Waals surface area contributed by atoms with Crippen molar-refractivity contribution >= 4 is 0 Å². The molecule has 2 rings (SSSR count). The third-order valence-corrected chi connectivity index (χ3v) is 3.45. The predicted octanol–water partition coefficient (Wildman–Crippen LogP) is 3.49. The molecule has 1 aliphatic rings. The highest BCUT2D eigenvalue weighted by molar-refractivity contribution is 5.27. The fraction of sp³-hybridized carbons (Fsp3) is 0.600. The molecule has 1 saturated carbocycles. The molecule has 0 bridgehead atoms. The van der Waals surface area contributed by atoms with Crippen molar-refractivity contribution in [2.45, 2.75) is 39.0 Å². The first-order valence-corrected chi connectivity index (χ1v) is 6.58. The van der Waals surface area contributed by atoms with Crippen LogP contribution in [0.15, 0.2) is 24.3 Å². The molecule has 1 N–H and O–H groups in total. The summed E-state index contributed by atoms with van der Waals surface area (Å²) in [4.78, 5) is 0. The number of aryl methyl sites for hydroxylation is 1. The molecular weight excluding hydrogens is 194 g/mol. The van der Waals surface area contributed by atoms with E-state index in [-0.39, 0.29) is 0 Å². The van der Waals surface area contributed by atoms with Crippen molar-refractivity contribution in [2.24, 2.45) is 5.92 Å². The van der Waals surface area contributed by atoms with E-state index in [2.05, 4.69) is 43.4 Å². The van der Waals surface area contributed by atoms with Gasteiger partial charge in [-0.05, 0) is 50.1 Å². The largest absolute Gasteiger partial charge is 0.316 e. The zero-order valence-corrected chi connectivity index (χ0v) is 10.5. The van der Waals surface area contributed by atoms with Gasteiger partial charge in [-0.25, -0.2) is 0 Å². The lowest BCUT2D eigenvalue weighted by atomic mass is 9.93. The van der Waals surface area contributed by atoms with Gasteiger partial charge < -0.3 is 5.32 Å². The highest BCUT2D eigenvalue weighted by Gasteiger charge is 2.31. The summed E-state index contributed by atoms with van der Waals surface area (Å²) in [6, 6.07) is 9.03. The molecule has 16 heavy (non-hydrogen) atoms. The first kappa shape index (κ1) is 11.7. The summed E-state index contributed by atoms with van der Waals surface area (Å²) in [7, 11) is 0. The minimum atomic E-state index is 0.742. The molecule has 1 nitrogen and oxygen atoms in total. The van der Waals surface area contributed by atoms with Gasteiger partial charge in [0.15, 0.2) is 0 Å². The molecule has 1 aromatic rings. The van der Waals surface area contributed by atoms with E-state index >= 15 is 0 Å². The van der Waals surface area contributed by atoms with Crippen LogP contribution >= 0.6 is 0 Å². The Balaban J connectivity index is 2.01. The highest BCUT2D eigenvalue weighted by atomic mass is 14.9. The smallest absolute Gasteiger partial charge is 0.00228 e. The zero-order chi connectivity index (χ0) is 11.4. The van der Waals surface area contributed by atoms with Gasteiger partial charge in [0.25, 0.3) is 0 Å². The first-order valence-electron chi connectivity index (χ1n) is 6.58. The lowest BCUT2D eigenvalue weighted by Gasteiger charge is -2.18. The Kier molecular flexibility index (Phi) is 4.00. The average Bonchev–Trinajstić information content (AvgIpc) is 3.08. The molecule has 1 aromatic carbocycles. The second-order valence-corrected chi connectivity index (χ2v) is 5.06. The molecule has 1 unspecified atom stereocenters. The Bertz CT molecular complexity index is 328. The van der Waals surface area contributed by atoms with E-state index < -0.39 is 0 Å². The number of rotatable bonds is 6. The van der Waals surface area contributed by atoms with Gasteiger partial charge in [0, 0.05) is 6.54 Å². The van der Waals surface area contributed by atoms with Crippen LogP contribution in [0.4, 0.5) is 0 Å². The Hall–Kier alpha value is -0.820. The van der Waals surface area contributed by atoms with Crippen molar-refractivity contribution < 1.29 is 0 Å². The van der Waals surface area contributed by atoms with E-state index in [9.17, 15) is 0 Å². The van der Waals surface area contributed by atoms with E-state index in [0.29, 0.717) is 0 Å². The quantitative estimate of drug-likeness (QED) is 0.719. The van der Waals surface area contributed by atoms with E-state index in [4.69, 9.17) is 0 Å². The number of hydrogen-bond acceptors (Lipinski definition) is 1. The van der Waals surface area contributed by atoms with Gasteiger partial charge in [-0.2, -0.15) is 0 Å². The predicted molar refractivity (Wildman–Crippen MR) is 69.8 cm³/mol. The molecule has 0 spiro atoms. The van der Waals surface area contributed by atoms with E-state index in [1.165, 1.54) is 30.4 Å². The summed E-state index contributed by atoms with van der Waals surface area (Å²) in [5, 5.41) is 3.57. The highest BCUT2D eigenvalue weighted by Crippen LogP contribution is 2.42. The summed E-state index contributed by atoms with van der Waals surface area (Å²) >= 11 is 0. The Morgan fingerprint density at radius 2 is 2.19 bits per heavy atom. The Morgan fingerprint density at radius 1 is 1.38 bits per heavy atom. The summed E-state index contributed by atoms with van der Waals surface area (Å²) in [5.74, 6) is 1.68. The van der Waals surface area contributed by atoms with Crippen molar-refractivity contribution in [3.63, 3.8) is 0 Å². The van der Waals surface area contributed by atoms with Gasteiger partial charge in [0.2, 0.25) is 0 Å². The number of hydrogen-bond donors (Lipinski definition) is 1. The summed E-state index contributed by atoms with van der Waals surface area (Å²) in [5.41, 5.74) is 2.92. The van der Waals surface area contributed by atoms with E-state index in [1.807, 2.05) is 0 Å². The Morgan fingerprint density at radius 3 is 2.81 bits per heavy atom. The van der Waals surface area contributed by atoms with Gasteiger partial charge in [-0.1, -0.05) is 36.8 Å². The number of benzene rings is 1. The second kappa shape index (κ2) is 5.49. The summed E-state index contributed by atoms with van der Waals surface area (Å²) in [6.45, 7) is 6.72. The molecule has 0 aliphatic heterocycles. The van der Waals surface area contributed by atoms with Gasteiger partial charge >= 0.3 is 0 Å². The third kappa shape index (κ3) is 3.08. The Labute approximate surface area is 99.3 Å². The molecule has 0 heterocycles. The van der Waals surface area contributed by atoms with Crippen molar-refractivity contribution in [1.82, 2.24) is 5.32 Å².